The van der Waals surface area contributed by atoms with Gasteiger partial charge in [-0.25, -0.2) is 18.1 Å². The van der Waals surface area contributed by atoms with Gasteiger partial charge in [0.05, 0.1) is 24.8 Å². The lowest BCUT2D eigenvalue weighted by molar-refractivity contribution is -0.142. The SMILES string of the molecule is CCOC(=O)CCS(=O)(=O)NC(CC)c1ncc[nH]1. The predicted molar refractivity (Wildman–Crippen MR) is 69.8 cm³/mol. The molecule has 1 aromatic rings. The Morgan fingerprint density at radius 1 is 1.53 bits per heavy atom. The van der Waals surface area contributed by atoms with Crippen LogP contribution >= 0.6 is 0 Å². The minimum atomic E-state index is -3.54. The summed E-state index contributed by atoms with van der Waals surface area (Å²) in [5.74, 6) is -0.246. The highest BCUT2D eigenvalue weighted by atomic mass is 32.2. The largest absolute Gasteiger partial charge is 0.466 e. The van der Waals surface area contributed by atoms with Gasteiger partial charge < -0.3 is 9.72 Å². The van der Waals surface area contributed by atoms with Crippen molar-refractivity contribution >= 4 is 16.0 Å². The maximum Gasteiger partial charge on any atom is 0.306 e. The number of carbonyl (C=O) groups is 1. The molecular weight excluding hydrogens is 270 g/mol. The number of esters is 1. The molecule has 0 saturated carbocycles. The number of aromatic nitrogens is 2. The van der Waals surface area contributed by atoms with Crippen molar-refractivity contribution in [2.75, 3.05) is 12.4 Å². The van der Waals surface area contributed by atoms with E-state index in [2.05, 4.69) is 14.7 Å². The molecule has 1 heterocycles. The van der Waals surface area contributed by atoms with Gasteiger partial charge in [0.1, 0.15) is 5.82 Å². The lowest BCUT2D eigenvalue weighted by atomic mass is 10.2. The minimum Gasteiger partial charge on any atom is -0.466 e. The van der Waals surface area contributed by atoms with Gasteiger partial charge in [0.15, 0.2) is 0 Å². The van der Waals surface area contributed by atoms with E-state index >= 15 is 0 Å². The summed E-state index contributed by atoms with van der Waals surface area (Å²) in [7, 11) is -3.54. The average molecular weight is 289 g/mol. The molecule has 0 aliphatic rings. The van der Waals surface area contributed by atoms with Crippen LogP contribution in [0.1, 0.15) is 38.6 Å². The van der Waals surface area contributed by atoms with Crippen molar-refractivity contribution in [3.8, 4) is 0 Å². The molecule has 0 fully saturated rings. The Hall–Kier alpha value is -1.41. The highest BCUT2D eigenvalue weighted by Gasteiger charge is 2.20. The summed E-state index contributed by atoms with van der Waals surface area (Å²) in [5, 5.41) is 0. The maximum atomic E-state index is 11.8. The molecule has 1 aromatic heterocycles. The van der Waals surface area contributed by atoms with E-state index in [1.54, 1.807) is 19.3 Å². The number of aromatic amines is 1. The fourth-order valence-electron chi connectivity index (χ4n) is 1.53. The zero-order valence-electron chi connectivity index (χ0n) is 11.0. The quantitative estimate of drug-likeness (QED) is 0.687. The summed E-state index contributed by atoms with van der Waals surface area (Å²) < 4.78 is 30.9. The van der Waals surface area contributed by atoms with E-state index in [1.807, 2.05) is 6.92 Å². The average Bonchev–Trinajstić information content (AvgIpc) is 2.88. The second-order valence-corrected chi connectivity index (χ2v) is 5.80. The van der Waals surface area contributed by atoms with E-state index < -0.39 is 22.0 Å². The van der Waals surface area contributed by atoms with E-state index in [1.165, 1.54) is 0 Å². The van der Waals surface area contributed by atoms with Crippen molar-refractivity contribution in [2.24, 2.45) is 0 Å². The number of nitrogens with zero attached hydrogens (tertiary/aromatic N) is 1. The molecular formula is C11H19N3O4S. The first-order chi connectivity index (χ1) is 8.98. The van der Waals surface area contributed by atoms with Crippen molar-refractivity contribution in [3.05, 3.63) is 18.2 Å². The first-order valence-electron chi connectivity index (χ1n) is 6.13. The van der Waals surface area contributed by atoms with Crippen LogP contribution in [0.2, 0.25) is 0 Å². The van der Waals surface area contributed by atoms with Gasteiger partial charge in [-0.05, 0) is 13.3 Å². The third-order valence-electron chi connectivity index (χ3n) is 2.46. The molecule has 1 unspecified atom stereocenters. The standard InChI is InChI=1S/C11H19N3O4S/c1-3-9(11-12-6-7-13-11)14-19(16,17)8-5-10(15)18-4-2/h6-7,9,14H,3-5,8H2,1-2H3,(H,12,13). The van der Waals surface area contributed by atoms with Gasteiger partial charge in [0.2, 0.25) is 10.0 Å². The number of rotatable bonds is 8. The summed E-state index contributed by atoms with van der Waals surface area (Å²) in [6.07, 6.45) is 3.60. The van der Waals surface area contributed by atoms with Crippen LogP contribution in [0.3, 0.4) is 0 Å². The smallest absolute Gasteiger partial charge is 0.306 e. The molecule has 0 saturated heterocycles. The Morgan fingerprint density at radius 3 is 2.79 bits per heavy atom. The molecule has 0 aromatic carbocycles. The summed E-state index contributed by atoms with van der Waals surface area (Å²) in [6.45, 7) is 3.77. The van der Waals surface area contributed by atoms with Gasteiger partial charge in [-0.15, -0.1) is 0 Å². The summed E-state index contributed by atoms with van der Waals surface area (Å²) in [5.41, 5.74) is 0. The first kappa shape index (κ1) is 15.6. The lowest BCUT2D eigenvalue weighted by Gasteiger charge is -2.14. The van der Waals surface area contributed by atoms with E-state index in [0.717, 1.165) is 0 Å². The van der Waals surface area contributed by atoms with Crippen LogP contribution in [0.15, 0.2) is 12.4 Å². The molecule has 0 aliphatic carbocycles. The number of hydrogen-bond acceptors (Lipinski definition) is 5. The molecule has 8 heteroatoms. The molecule has 0 bridgehead atoms. The highest BCUT2D eigenvalue weighted by molar-refractivity contribution is 7.89. The van der Waals surface area contributed by atoms with Crippen LogP contribution in [0.25, 0.3) is 0 Å². The third kappa shape index (κ3) is 5.39. The van der Waals surface area contributed by atoms with Crippen molar-refractivity contribution in [2.45, 2.75) is 32.7 Å². The highest BCUT2D eigenvalue weighted by Crippen LogP contribution is 2.13. The third-order valence-corrected chi connectivity index (χ3v) is 3.84. The normalized spacial score (nSPS) is 13.2. The number of imidazole rings is 1. The van der Waals surface area contributed by atoms with E-state index in [-0.39, 0.29) is 18.8 Å². The number of sulfonamides is 1. The Balaban J connectivity index is 2.56. The van der Waals surface area contributed by atoms with Crippen molar-refractivity contribution in [3.63, 3.8) is 0 Å². The van der Waals surface area contributed by atoms with Gasteiger partial charge in [-0.1, -0.05) is 6.92 Å². The molecule has 1 atom stereocenters. The molecule has 7 nitrogen and oxygen atoms in total. The van der Waals surface area contributed by atoms with Crippen LogP contribution in [-0.2, 0) is 19.6 Å². The summed E-state index contributed by atoms with van der Waals surface area (Å²) in [6, 6.07) is -0.415. The molecule has 0 spiro atoms. The Kier molecular flexibility index (Phi) is 5.97. The lowest BCUT2D eigenvalue weighted by Crippen LogP contribution is -2.32. The van der Waals surface area contributed by atoms with Gasteiger partial charge in [0.25, 0.3) is 0 Å². The number of hydrogen-bond donors (Lipinski definition) is 2. The molecule has 1 rings (SSSR count). The van der Waals surface area contributed by atoms with Gasteiger partial charge in [-0.2, -0.15) is 0 Å². The first-order valence-corrected chi connectivity index (χ1v) is 7.78. The Morgan fingerprint density at radius 2 is 2.26 bits per heavy atom. The molecule has 2 N–H and O–H groups in total. The van der Waals surface area contributed by atoms with Crippen LogP contribution in [0.5, 0.6) is 0 Å². The van der Waals surface area contributed by atoms with Gasteiger partial charge >= 0.3 is 5.97 Å². The topological polar surface area (TPSA) is 101 Å². The van der Waals surface area contributed by atoms with Crippen molar-refractivity contribution < 1.29 is 17.9 Å². The fourth-order valence-corrected chi connectivity index (χ4v) is 2.79. The number of carbonyl (C=O) groups excluding carboxylic acids is 1. The summed E-state index contributed by atoms with van der Waals surface area (Å²) >= 11 is 0. The maximum absolute atomic E-state index is 11.8. The molecule has 19 heavy (non-hydrogen) atoms. The Labute approximate surface area is 112 Å². The monoisotopic (exact) mass is 289 g/mol. The number of nitrogens with one attached hydrogen (secondary N) is 2. The van der Waals surface area contributed by atoms with Crippen LogP contribution in [-0.4, -0.2) is 36.7 Å². The molecule has 0 amide bonds. The molecule has 108 valence electrons. The fraction of sp³-hybridized carbons (Fsp3) is 0.636. The second-order valence-electron chi connectivity index (χ2n) is 3.93. The second kappa shape index (κ2) is 7.25. The number of H-pyrrole nitrogens is 1. The van der Waals surface area contributed by atoms with Crippen LogP contribution in [0.4, 0.5) is 0 Å². The van der Waals surface area contributed by atoms with Crippen molar-refractivity contribution in [1.82, 2.24) is 14.7 Å². The number of ether oxygens (including phenoxy) is 1. The van der Waals surface area contributed by atoms with E-state index in [0.29, 0.717) is 12.2 Å². The Bertz CT molecular complexity index is 484. The van der Waals surface area contributed by atoms with E-state index in [9.17, 15) is 13.2 Å². The molecule has 0 aliphatic heterocycles. The van der Waals surface area contributed by atoms with Gasteiger partial charge in [0, 0.05) is 12.4 Å². The molecule has 0 radical (unpaired) electrons. The summed E-state index contributed by atoms with van der Waals surface area (Å²) in [4.78, 5) is 18.0. The van der Waals surface area contributed by atoms with Crippen LogP contribution in [0, 0.1) is 0 Å². The van der Waals surface area contributed by atoms with Crippen molar-refractivity contribution in [1.29, 1.82) is 0 Å². The zero-order chi connectivity index (χ0) is 14.3. The minimum absolute atomic E-state index is 0.155. The predicted octanol–water partition coefficient (Wildman–Crippen LogP) is 0.733. The van der Waals surface area contributed by atoms with Crippen LogP contribution < -0.4 is 4.72 Å². The van der Waals surface area contributed by atoms with Gasteiger partial charge in [-0.3, -0.25) is 4.79 Å². The zero-order valence-corrected chi connectivity index (χ0v) is 11.9. The van der Waals surface area contributed by atoms with E-state index in [4.69, 9.17) is 4.74 Å².